The lowest BCUT2D eigenvalue weighted by molar-refractivity contribution is 0.128. The van der Waals surface area contributed by atoms with Crippen LogP contribution < -0.4 is 10.6 Å². The first kappa shape index (κ1) is 23.1. The average molecular weight is 365 g/mol. The van der Waals surface area contributed by atoms with Gasteiger partial charge < -0.3 is 15.4 Å². The third-order valence-electron chi connectivity index (χ3n) is 3.38. The van der Waals surface area contributed by atoms with Gasteiger partial charge in [-0.15, -0.1) is 0 Å². The van der Waals surface area contributed by atoms with Gasteiger partial charge in [-0.25, -0.2) is 12.7 Å². The zero-order chi connectivity index (χ0) is 18.4. The van der Waals surface area contributed by atoms with Crippen molar-refractivity contribution in [1.82, 2.24) is 14.9 Å². The van der Waals surface area contributed by atoms with Crippen LogP contribution in [-0.2, 0) is 14.8 Å². The smallest absolute Gasteiger partial charge is 0.211 e. The fourth-order valence-corrected chi connectivity index (χ4v) is 2.93. The van der Waals surface area contributed by atoms with Gasteiger partial charge in [-0.1, -0.05) is 20.8 Å². The third-order valence-corrected chi connectivity index (χ3v) is 4.76. The summed E-state index contributed by atoms with van der Waals surface area (Å²) < 4.78 is 30.1. The highest BCUT2D eigenvalue weighted by Crippen LogP contribution is 1.99. The topological polar surface area (TPSA) is 83.0 Å². The monoisotopic (exact) mass is 364 g/mol. The molecule has 0 rings (SSSR count). The number of guanidine groups is 1. The Morgan fingerprint density at radius 2 is 1.92 bits per heavy atom. The molecule has 2 N–H and O–H groups in total. The number of nitrogens with zero attached hydrogens (tertiary/aromatic N) is 2. The molecule has 0 unspecified atom stereocenters. The summed E-state index contributed by atoms with van der Waals surface area (Å²) in [5, 5.41) is 6.40. The summed E-state index contributed by atoms with van der Waals surface area (Å²) in [5.74, 6) is 1.40. The van der Waals surface area contributed by atoms with Crippen LogP contribution in [0.4, 0.5) is 0 Å². The zero-order valence-corrected chi connectivity index (χ0v) is 16.8. The number of rotatable bonds is 13. The van der Waals surface area contributed by atoms with E-state index in [0.717, 1.165) is 25.5 Å². The molecular formula is C16H36N4O3S. The molecule has 144 valence electrons. The van der Waals surface area contributed by atoms with Gasteiger partial charge in [0.2, 0.25) is 10.0 Å². The summed E-state index contributed by atoms with van der Waals surface area (Å²) in [6, 6.07) is 0. The molecule has 0 aliphatic carbocycles. The molecule has 0 bridgehead atoms. The molecule has 24 heavy (non-hydrogen) atoms. The maximum Gasteiger partial charge on any atom is 0.211 e. The van der Waals surface area contributed by atoms with Crippen molar-refractivity contribution in [2.75, 3.05) is 52.2 Å². The molecule has 0 spiro atoms. The van der Waals surface area contributed by atoms with E-state index in [9.17, 15) is 8.42 Å². The zero-order valence-electron chi connectivity index (χ0n) is 16.0. The van der Waals surface area contributed by atoms with E-state index in [0.29, 0.717) is 45.1 Å². The second-order valence-corrected chi connectivity index (χ2v) is 8.07. The Balaban J connectivity index is 4.06. The van der Waals surface area contributed by atoms with Gasteiger partial charge in [0.25, 0.3) is 0 Å². The maximum atomic E-state index is 11.5. The van der Waals surface area contributed by atoms with Crippen LogP contribution >= 0.6 is 0 Å². The van der Waals surface area contributed by atoms with E-state index < -0.39 is 10.0 Å². The first-order chi connectivity index (χ1) is 11.3. The summed E-state index contributed by atoms with van der Waals surface area (Å²) in [4.78, 5) is 4.47. The Morgan fingerprint density at radius 1 is 1.21 bits per heavy atom. The molecule has 0 saturated carbocycles. The Labute approximate surface area is 148 Å². The number of aliphatic imine (C=N–C) groups is 1. The van der Waals surface area contributed by atoms with Crippen molar-refractivity contribution < 1.29 is 13.2 Å². The van der Waals surface area contributed by atoms with Crippen LogP contribution in [0.5, 0.6) is 0 Å². The third kappa shape index (κ3) is 12.5. The van der Waals surface area contributed by atoms with Crippen LogP contribution in [0.2, 0.25) is 0 Å². The molecule has 0 fully saturated rings. The van der Waals surface area contributed by atoms with Crippen LogP contribution in [0.25, 0.3) is 0 Å². The predicted octanol–water partition coefficient (Wildman–Crippen LogP) is 1.28. The van der Waals surface area contributed by atoms with Gasteiger partial charge in [-0.05, 0) is 25.7 Å². The lowest BCUT2D eigenvalue weighted by Gasteiger charge is -2.17. The Hall–Kier alpha value is -0.860. The molecule has 0 amide bonds. The molecule has 0 aromatic heterocycles. The molecule has 0 aromatic carbocycles. The minimum absolute atomic E-state index is 0.495. The predicted molar refractivity (Wildman–Crippen MR) is 101 cm³/mol. The minimum atomic E-state index is -3.12. The van der Waals surface area contributed by atoms with Crippen LogP contribution in [0.1, 0.15) is 40.5 Å². The fourth-order valence-electron chi connectivity index (χ4n) is 2.00. The van der Waals surface area contributed by atoms with E-state index in [-0.39, 0.29) is 0 Å². The van der Waals surface area contributed by atoms with Gasteiger partial charge in [-0.3, -0.25) is 4.99 Å². The summed E-state index contributed by atoms with van der Waals surface area (Å²) in [6.07, 6.45) is 3.01. The quantitative estimate of drug-likeness (QED) is 0.292. The second-order valence-electron chi connectivity index (χ2n) is 6.09. The fraction of sp³-hybridized carbons (Fsp3) is 0.938. The van der Waals surface area contributed by atoms with Crippen molar-refractivity contribution in [2.45, 2.75) is 40.5 Å². The minimum Gasteiger partial charge on any atom is -0.380 e. The van der Waals surface area contributed by atoms with Crippen LogP contribution in [0, 0.1) is 5.92 Å². The number of hydrogen-bond donors (Lipinski definition) is 2. The number of hydrogen-bond acceptors (Lipinski definition) is 4. The molecule has 0 aliphatic heterocycles. The molecule has 0 saturated heterocycles. The van der Waals surface area contributed by atoms with Crippen LogP contribution in [0.15, 0.2) is 4.99 Å². The van der Waals surface area contributed by atoms with Crippen molar-refractivity contribution in [3.05, 3.63) is 0 Å². The highest BCUT2D eigenvalue weighted by atomic mass is 32.2. The number of sulfonamides is 1. The highest BCUT2D eigenvalue weighted by molar-refractivity contribution is 7.88. The second kappa shape index (κ2) is 13.4. The molecule has 0 heterocycles. The summed E-state index contributed by atoms with van der Waals surface area (Å²) in [7, 11) is -3.12. The molecule has 8 heteroatoms. The van der Waals surface area contributed by atoms with E-state index in [1.807, 2.05) is 13.8 Å². The summed E-state index contributed by atoms with van der Waals surface area (Å²) in [6.45, 7) is 12.7. The normalized spacial score (nSPS) is 12.9. The van der Waals surface area contributed by atoms with E-state index >= 15 is 0 Å². The van der Waals surface area contributed by atoms with E-state index in [4.69, 9.17) is 4.74 Å². The van der Waals surface area contributed by atoms with Gasteiger partial charge in [0.1, 0.15) is 0 Å². The van der Waals surface area contributed by atoms with Gasteiger partial charge in [-0.2, -0.15) is 0 Å². The molecule has 0 aromatic rings. The Morgan fingerprint density at radius 3 is 2.46 bits per heavy atom. The maximum absolute atomic E-state index is 11.5. The van der Waals surface area contributed by atoms with Gasteiger partial charge in [0, 0.05) is 39.3 Å². The van der Waals surface area contributed by atoms with Gasteiger partial charge in [0.05, 0.1) is 12.9 Å². The molecular weight excluding hydrogens is 328 g/mol. The molecule has 7 nitrogen and oxygen atoms in total. The van der Waals surface area contributed by atoms with Crippen molar-refractivity contribution >= 4 is 16.0 Å². The van der Waals surface area contributed by atoms with E-state index in [1.54, 1.807) is 0 Å². The number of ether oxygens (including phenoxy) is 1. The lowest BCUT2D eigenvalue weighted by Crippen LogP contribution is -2.39. The molecule has 0 radical (unpaired) electrons. The Kier molecular flexibility index (Phi) is 13.0. The highest BCUT2D eigenvalue weighted by Gasteiger charge is 2.12. The Bertz CT molecular complexity index is 439. The van der Waals surface area contributed by atoms with Crippen LogP contribution in [-0.4, -0.2) is 70.9 Å². The van der Waals surface area contributed by atoms with Crippen molar-refractivity contribution in [1.29, 1.82) is 0 Å². The largest absolute Gasteiger partial charge is 0.380 e. The van der Waals surface area contributed by atoms with Crippen LogP contribution in [0.3, 0.4) is 0 Å². The van der Waals surface area contributed by atoms with Crippen molar-refractivity contribution in [3.63, 3.8) is 0 Å². The van der Waals surface area contributed by atoms with E-state index in [1.165, 1.54) is 10.6 Å². The summed E-state index contributed by atoms with van der Waals surface area (Å²) >= 11 is 0. The summed E-state index contributed by atoms with van der Waals surface area (Å²) in [5.41, 5.74) is 0. The molecule has 0 aliphatic rings. The molecule has 0 atom stereocenters. The van der Waals surface area contributed by atoms with Crippen molar-refractivity contribution in [2.24, 2.45) is 10.9 Å². The average Bonchev–Trinajstić information content (AvgIpc) is 2.48. The van der Waals surface area contributed by atoms with Crippen molar-refractivity contribution in [3.8, 4) is 0 Å². The lowest BCUT2D eigenvalue weighted by atomic mass is 10.1. The SMILES string of the molecule is CCNC(=NCCCN(CC)S(C)(=O)=O)NCCOCCC(C)C. The first-order valence-electron chi connectivity index (χ1n) is 8.86. The van der Waals surface area contributed by atoms with Gasteiger partial charge in [0.15, 0.2) is 5.96 Å². The standard InChI is InChI=1S/C16H36N4O3S/c1-6-17-16(19-11-14-23-13-9-15(3)4)18-10-8-12-20(7-2)24(5,21)22/h15H,6-14H2,1-5H3,(H2,17,18,19). The number of nitrogens with one attached hydrogen (secondary N) is 2. The first-order valence-corrected chi connectivity index (χ1v) is 10.7. The van der Waals surface area contributed by atoms with Gasteiger partial charge >= 0.3 is 0 Å². The van der Waals surface area contributed by atoms with E-state index in [2.05, 4.69) is 29.5 Å².